The Balaban J connectivity index is 0.000000659. The number of benzene rings is 1. The molecule has 1 aliphatic rings. The molecule has 0 spiro atoms. The molecule has 9 heteroatoms. The summed E-state index contributed by atoms with van der Waals surface area (Å²) in [6.07, 6.45) is 4.19. The Morgan fingerprint density at radius 3 is 2.52 bits per heavy atom. The molecule has 0 radical (unpaired) electrons. The Kier molecular flexibility index (Phi) is 5.30. The summed E-state index contributed by atoms with van der Waals surface area (Å²) in [6.45, 7) is 0.210. The Bertz CT molecular complexity index is 934. The quantitative estimate of drug-likeness (QED) is 0.695. The third-order valence-corrected chi connectivity index (χ3v) is 4.41. The summed E-state index contributed by atoms with van der Waals surface area (Å²) < 4.78 is 3.83. The van der Waals surface area contributed by atoms with E-state index in [0.29, 0.717) is 24.6 Å². The molecule has 0 fully saturated rings. The maximum Gasteiger partial charge on any atom is 0.290 e. The standard InChI is InChI=1S/C17H18N6O.CH2O2/c1-21-9-8-18-15(21)16-20-19-14-11-22(2)17(24)13(23(14)16)10-12-6-4-3-5-7-12;2-1-3/h3-9,13H,10-11H2,1-2H3;1H,(H,2,3)/t13-;/m1./s1. The van der Waals surface area contributed by atoms with Gasteiger partial charge in [0.05, 0.1) is 6.54 Å². The third kappa shape index (κ3) is 3.57. The van der Waals surface area contributed by atoms with Gasteiger partial charge in [-0.1, -0.05) is 30.3 Å². The molecule has 0 bridgehead atoms. The van der Waals surface area contributed by atoms with Crippen LogP contribution < -0.4 is 0 Å². The van der Waals surface area contributed by atoms with Crippen molar-refractivity contribution in [2.45, 2.75) is 19.0 Å². The van der Waals surface area contributed by atoms with Gasteiger partial charge in [-0.05, 0) is 5.56 Å². The predicted molar refractivity (Wildman–Crippen MR) is 96.6 cm³/mol. The molecular formula is C18H20N6O3. The summed E-state index contributed by atoms with van der Waals surface area (Å²) in [4.78, 5) is 27.3. The highest BCUT2D eigenvalue weighted by Crippen LogP contribution is 2.29. The van der Waals surface area contributed by atoms with E-state index < -0.39 is 0 Å². The van der Waals surface area contributed by atoms with Gasteiger partial charge in [0.25, 0.3) is 6.47 Å². The van der Waals surface area contributed by atoms with Crippen LogP contribution >= 0.6 is 0 Å². The predicted octanol–water partition coefficient (Wildman–Crippen LogP) is 1.14. The largest absolute Gasteiger partial charge is 0.483 e. The van der Waals surface area contributed by atoms with Crippen LogP contribution in [0.5, 0.6) is 0 Å². The van der Waals surface area contributed by atoms with Crippen molar-refractivity contribution < 1.29 is 14.7 Å². The van der Waals surface area contributed by atoms with Crippen molar-refractivity contribution in [2.24, 2.45) is 7.05 Å². The van der Waals surface area contributed by atoms with Crippen LogP contribution in [0.15, 0.2) is 42.7 Å². The minimum Gasteiger partial charge on any atom is -0.483 e. The van der Waals surface area contributed by atoms with E-state index in [-0.39, 0.29) is 18.4 Å². The molecule has 3 aromatic rings. The van der Waals surface area contributed by atoms with Crippen LogP contribution in [0.25, 0.3) is 11.6 Å². The lowest BCUT2D eigenvalue weighted by molar-refractivity contribution is -0.135. The molecule has 1 N–H and O–H groups in total. The molecule has 1 atom stereocenters. The first kappa shape index (κ1) is 18.3. The van der Waals surface area contributed by atoms with Gasteiger partial charge in [0, 0.05) is 32.9 Å². The Morgan fingerprint density at radius 1 is 1.19 bits per heavy atom. The summed E-state index contributed by atoms with van der Waals surface area (Å²) in [7, 11) is 3.71. The number of nitrogens with zero attached hydrogens (tertiary/aromatic N) is 6. The van der Waals surface area contributed by atoms with Crippen LogP contribution in [0.4, 0.5) is 0 Å². The fourth-order valence-corrected chi connectivity index (χ4v) is 3.16. The topological polar surface area (TPSA) is 106 Å². The van der Waals surface area contributed by atoms with Crippen LogP contribution in [0.2, 0.25) is 0 Å². The number of aromatic nitrogens is 5. The van der Waals surface area contributed by atoms with Gasteiger partial charge in [0.2, 0.25) is 11.7 Å². The second kappa shape index (κ2) is 7.81. The van der Waals surface area contributed by atoms with E-state index in [1.165, 1.54) is 0 Å². The van der Waals surface area contributed by atoms with Gasteiger partial charge >= 0.3 is 0 Å². The summed E-state index contributed by atoms with van der Waals surface area (Å²) in [5.41, 5.74) is 1.11. The molecule has 0 unspecified atom stereocenters. The Morgan fingerprint density at radius 2 is 1.89 bits per heavy atom. The summed E-state index contributed by atoms with van der Waals surface area (Å²) in [5.74, 6) is 2.21. The van der Waals surface area contributed by atoms with Gasteiger partial charge in [0.1, 0.15) is 6.04 Å². The number of carbonyl (C=O) groups excluding carboxylic acids is 1. The first-order valence-electron chi connectivity index (χ1n) is 8.35. The van der Waals surface area contributed by atoms with Crippen LogP contribution in [0, 0.1) is 0 Å². The highest BCUT2D eigenvalue weighted by Gasteiger charge is 2.35. The number of likely N-dealkylation sites (N-methyl/N-ethyl adjacent to an activating group) is 1. The smallest absolute Gasteiger partial charge is 0.290 e. The summed E-state index contributed by atoms with van der Waals surface area (Å²) in [6, 6.07) is 9.65. The van der Waals surface area contributed by atoms with E-state index in [1.807, 2.05) is 52.7 Å². The summed E-state index contributed by atoms with van der Waals surface area (Å²) in [5, 5.41) is 15.5. The highest BCUT2D eigenvalue weighted by atomic mass is 16.3. The zero-order valence-electron chi connectivity index (χ0n) is 15.1. The SMILES string of the molecule is CN1Cc2nnc(-c3nccn3C)n2[C@H](Cc2ccccc2)C1=O.O=CO. The van der Waals surface area contributed by atoms with Gasteiger partial charge in [-0.2, -0.15) is 0 Å². The van der Waals surface area contributed by atoms with Gasteiger partial charge < -0.3 is 14.6 Å². The third-order valence-electron chi connectivity index (χ3n) is 4.41. The molecule has 1 amide bonds. The minimum absolute atomic E-state index is 0.0709. The average molecular weight is 368 g/mol. The van der Waals surface area contributed by atoms with E-state index >= 15 is 0 Å². The van der Waals surface area contributed by atoms with Crippen molar-refractivity contribution in [3.8, 4) is 11.6 Å². The zero-order valence-corrected chi connectivity index (χ0v) is 15.1. The van der Waals surface area contributed by atoms with Crippen molar-refractivity contribution in [2.75, 3.05) is 7.05 Å². The molecule has 9 nitrogen and oxygen atoms in total. The normalized spacial score (nSPS) is 15.7. The summed E-state index contributed by atoms with van der Waals surface area (Å²) >= 11 is 0. The van der Waals surface area contributed by atoms with Crippen molar-refractivity contribution >= 4 is 12.4 Å². The fourth-order valence-electron chi connectivity index (χ4n) is 3.16. The molecule has 4 rings (SSSR count). The lowest BCUT2D eigenvalue weighted by atomic mass is 10.0. The van der Waals surface area contributed by atoms with Crippen LogP contribution in [0.1, 0.15) is 17.4 Å². The number of aryl methyl sites for hydroxylation is 1. The Labute approximate surface area is 155 Å². The molecule has 27 heavy (non-hydrogen) atoms. The van der Waals surface area contributed by atoms with Crippen molar-refractivity contribution in [3.05, 3.63) is 54.1 Å². The fraction of sp³-hybridized carbons (Fsp3) is 0.278. The Hall–Kier alpha value is -3.49. The molecule has 0 aliphatic carbocycles. The van der Waals surface area contributed by atoms with Gasteiger partial charge in [-0.25, -0.2) is 4.98 Å². The molecule has 1 aliphatic heterocycles. The van der Waals surface area contributed by atoms with Crippen molar-refractivity contribution in [1.29, 1.82) is 0 Å². The van der Waals surface area contributed by atoms with Crippen LogP contribution in [0.3, 0.4) is 0 Å². The van der Waals surface area contributed by atoms with E-state index in [0.717, 1.165) is 11.4 Å². The maximum atomic E-state index is 12.8. The number of hydrogen-bond acceptors (Lipinski definition) is 5. The maximum absolute atomic E-state index is 12.8. The number of imidazole rings is 1. The molecule has 0 saturated carbocycles. The molecule has 2 aromatic heterocycles. The van der Waals surface area contributed by atoms with Gasteiger partial charge in [-0.15, -0.1) is 10.2 Å². The number of hydrogen-bond donors (Lipinski definition) is 1. The number of carboxylic acid groups (broad SMARTS) is 1. The first-order chi connectivity index (χ1) is 13.1. The lowest BCUT2D eigenvalue weighted by Gasteiger charge is -2.31. The van der Waals surface area contributed by atoms with Crippen LogP contribution in [-0.4, -0.2) is 53.7 Å². The number of carbonyl (C=O) groups is 2. The number of fused-ring (bicyclic) bond motifs is 1. The second-order valence-electron chi connectivity index (χ2n) is 6.18. The van der Waals surface area contributed by atoms with Crippen molar-refractivity contribution in [3.63, 3.8) is 0 Å². The molecule has 1 aromatic carbocycles. The van der Waals surface area contributed by atoms with Gasteiger partial charge in [-0.3, -0.25) is 14.2 Å². The highest BCUT2D eigenvalue weighted by molar-refractivity contribution is 5.82. The monoisotopic (exact) mass is 368 g/mol. The molecule has 0 saturated heterocycles. The van der Waals surface area contributed by atoms with Gasteiger partial charge in [0.15, 0.2) is 11.6 Å². The zero-order chi connectivity index (χ0) is 19.4. The van der Waals surface area contributed by atoms with E-state index in [1.54, 1.807) is 18.1 Å². The second-order valence-corrected chi connectivity index (χ2v) is 6.18. The average Bonchev–Trinajstić information content (AvgIpc) is 3.26. The van der Waals surface area contributed by atoms with E-state index in [2.05, 4.69) is 15.2 Å². The lowest BCUT2D eigenvalue weighted by Crippen LogP contribution is -2.41. The first-order valence-corrected chi connectivity index (χ1v) is 8.35. The van der Waals surface area contributed by atoms with Crippen molar-refractivity contribution in [1.82, 2.24) is 29.2 Å². The molecular weight excluding hydrogens is 348 g/mol. The van der Waals surface area contributed by atoms with Crippen LogP contribution in [-0.2, 0) is 29.6 Å². The minimum atomic E-state index is -0.358. The molecule has 3 heterocycles. The van der Waals surface area contributed by atoms with E-state index in [4.69, 9.17) is 9.90 Å². The molecule has 140 valence electrons. The van der Waals surface area contributed by atoms with E-state index in [9.17, 15) is 4.79 Å². The number of rotatable bonds is 3. The number of amides is 1.